The lowest BCUT2D eigenvalue weighted by Crippen LogP contribution is -2.20. The molecular weight excluding hydrogens is 246 g/mol. The van der Waals surface area contributed by atoms with Gasteiger partial charge in [0.05, 0.1) is 10.7 Å². The van der Waals surface area contributed by atoms with E-state index in [1.807, 2.05) is 0 Å². The van der Waals surface area contributed by atoms with Crippen LogP contribution in [0.15, 0.2) is 54.6 Å². The highest BCUT2D eigenvalue weighted by atomic mass is 16.5. The predicted octanol–water partition coefficient (Wildman–Crippen LogP) is 3.66. The molecule has 0 bridgehead atoms. The number of nitrogens with zero attached hydrogens (tertiary/aromatic N) is 1. The fraction of sp³-hybridized carbons (Fsp3) is 0.333. The van der Waals surface area contributed by atoms with Crippen molar-refractivity contribution in [2.45, 2.75) is 12.9 Å². The summed E-state index contributed by atoms with van der Waals surface area (Å²) in [5.41, 5.74) is 0.438. The van der Waals surface area contributed by atoms with Crippen molar-refractivity contribution < 1.29 is 13.0 Å². The molecule has 0 N–H and O–H groups in total. The molecule has 2 aromatic rings. The molecule has 0 aromatic heterocycles. The number of hydrogen-bond donors (Lipinski definition) is 0. The van der Waals surface area contributed by atoms with Crippen molar-refractivity contribution >= 4 is 0 Å². The first-order valence-electron chi connectivity index (χ1n) is 9.46. The molecule has 2 rings (SSSR count). The summed E-state index contributed by atoms with van der Waals surface area (Å²) in [6, 6.07) is 14.6. The zero-order chi connectivity index (χ0) is 19.6. The lowest BCUT2D eigenvalue weighted by Gasteiger charge is -2.22. The molecule has 0 heterocycles. The molecule has 0 aliphatic heterocycles. The molecule has 0 spiro atoms. The van der Waals surface area contributed by atoms with Gasteiger partial charge >= 0.3 is 0 Å². The first-order chi connectivity index (χ1) is 12.0. The van der Waals surface area contributed by atoms with Gasteiger partial charge in [-0.2, -0.15) is 0 Å². The topological polar surface area (TPSA) is 12.5 Å². The number of benzene rings is 2. The van der Waals surface area contributed by atoms with Crippen molar-refractivity contribution in [3.8, 4) is 0 Å². The Hall–Kier alpha value is -1.64. The molecule has 0 aliphatic rings. The van der Waals surface area contributed by atoms with E-state index in [0.29, 0.717) is 5.56 Å². The number of ether oxygens (including phenoxy) is 1. The van der Waals surface area contributed by atoms with Gasteiger partial charge in [0.15, 0.2) is 0 Å². The van der Waals surface area contributed by atoms with Crippen LogP contribution in [-0.4, -0.2) is 32.1 Å². The fourth-order valence-corrected chi connectivity index (χ4v) is 1.77. The van der Waals surface area contributed by atoms with E-state index in [0.717, 1.165) is 0 Å². The van der Waals surface area contributed by atoms with Gasteiger partial charge in [0, 0.05) is 10.7 Å². The Morgan fingerprint density at radius 3 is 2.55 bits per heavy atom. The average Bonchev–Trinajstić information content (AvgIpc) is 2.53. The maximum absolute atomic E-state index is 8.99. The van der Waals surface area contributed by atoms with Crippen molar-refractivity contribution in [2.75, 3.05) is 27.2 Å². The largest absolute Gasteiger partial charge is 0.367 e. The van der Waals surface area contributed by atoms with Crippen LogP contribution in [0.2, 0.25) is 0 Å². The van der Waals surface area contributed by atoms with Gasteiger partial charge in [0.1, 0.15) is 6.08 Å². The second-order valence-electron chi connectivity index (χ2n) is 4.72. The summed E-state index contributed by atoms with van der Waals surface area (Å²) < 4.78 is 54.4. The van der Waals surface area contributed by atoms with Gasteiger partial charge in [-0.3, -0.25) is 0 Å². The van der Waals surface area contributed by atoms with Crippen LogP contribution in [0.1, 0.15) is 31.0 Å². The van der Waals surface area contributed by atoms with Gasteiger partial charge in [0.2, 0.25) is 0 Å². The van der Waals surface area contributed by atoms with E-state index in [1.165, 1.54) is 12.1 Å². The predicted molar refractivity (Wildman–Crippen MR) is 84.0 cm³/mol. The van der Waals surface area contributed by atoms with Crippen LogP contribution in [0.3, 0.4) is 0 Å². The summed E-state index contributed by atoms with van der Waals surface area (Å²) in [4.78, 5) is 1.61. The quantitative estimate of drug-likeness (QED) is 0.797. The van der Waals surface area contributed by atoms with E-state index in [-0.39, 0.29) is 17.7 Å². The Morgan fingerprint density at radius 1 is 1.15 bits per heavy atom. The van der Waals surface area contributed by atoms with E-state index in [9.17, 15) is 0 Å². The van der Waals surface area contributed by atoms with Gasteiger partial charge in [-0.05, 0) is 37.6 Å². The molecule has 2 heteroatoms. The summed E-state index contributed by atoms with van der Waals surface area (Å²) >= 11 is 0. The maximum Gasteiger partial charge on any atom is 0.108 e. The third-order valence-electron chi connectivity index (χ3n) is 2.76. The lowest BCUT2D eigenvalue weighted by atomic mass is 9.97. The SMILES string of the molecule is [2H]C([2H])(CN(C)C)OC([2H])(c1ccccc1)c1ccccc1C([2H])([2H])[2H]. The van der Waals surface area contributed by atoms with Crippen LogP contribution in [0.4, 0.5) is 0 Å². The Morgan fingerprint density at radius 2 is 1.85 bits per heavy atom. The molecule has 1 atom stereocenters. The summed E-state index contributed by atoms with van der Waals surface area (Å²) in [7, 11) is 3.40. The number of aryl methyl sites for hydroxylation is 1. The highest BCUT2D eigenvalue weighted by molar-refractivity contribution is 5.35. The van der Waals surface area contributed by atoms with Crippen LogP contribution in [0.5, 0.6) is 0 Å². The summed E-state index contributed by atoms with van der Waals surface area (Å²) in [6.07, 6.45) is -2.01. The van der Waals surface area contributed by atoms with Crippen molar-refractivity contribution in [1.82, 2.24) is 4.90 Å². The summed E-state index contributed by atoms with van der Waals surface area (Å²) in [5, 5.41) is 0. The zero-order valence-corrected chi connectivity index (χ0v) is 11.8. The first kappa shape index (κ1) is 8.60. The number of likely N-dealkylation sites (N-methyl/N-ethyl adjacent to an activating group) is 1. The van der Waals surface area contributed by atoms with E-state index in [4.69, 9.17) is 13.0 Å². The minimum Gasteiger partial charge on any atom is -0.367 e. The third kappa shape index (κ3) is 3.92. The van der Waals surface area contributed by atoms with Crippen LogP contribution in [0.25, 0.3) is 0 Å². The molecular formula is C18H23NO. The van der Waals surface area contributed by atoms with Crippen molar-refractivity contribution in [3.63, 3.8) is 0 Å². The molecule has 2 nitrogen and oxygen atoms in total. The van der Waals surface area contributed by atoms with E-state index < -0.39 is 19.5 Å². The van der Waals surface area contributed by atoms with Gasteiger partial charge < -0.3 is 9.64 Å². The Balaban J connectivity index is 2.64. The highest BCUT2D eigenvalue weighted by Gasteiger charge is 2.16. The second kappa shape index (κ2) is 7.22. The monoisotopic (exact) mass is 275 g/mol. The van der Waals surface area contributed by atoms with Crippen LogP contribution in [-0.2, 0) is 4.74 Å². The Bertz CT molecular complexity index is 732. The summed E-state index contributed by atoms with van der Waals surface area (Å²) in [5.74, 6) is 0. The molecule has 20 heavy (non-hydrogen) atoms. The van der Waals surface area contributed by atoms with E-state index >= 15 is 0 Å². The molecule has 0 amide bonds. The first-order valence-corrected chi connectivity index (χ1v) is 6.46. The Labute approximate surface area is 130 Å². The molecule has 1 unspecified atom stereocenters. The number of rotatable bonds is 6. The van der Waals surface area contributed by atoms with Gasteiger partial charge in [-0.1, -0.05) is 54.6 Å². The van der Waals surface area contributed by atoms with Crippen molar-refractivity contribution in [3.05, 3.63) is 71.3 Å². The minimum absolute atomic E-state index is 0.0282. The Kier molecular flexibility index (Phi) is 3.11. The highest BCUT2D eigenvalue weighted by Crippen LogP contribution is 2.28. The van der Waals surface area contributed by atoms with E-state index in [1.54, 1.807) is 61.5 Å². The molecule has 0 aliphatic carbocycles. The lowest BCUT2D eigenvalue weighted by molar-refractivity contribution is 0.0683. The van der Waals surface area contributed by atoms with Gasteiger partial charge in [0.25, 0.3) is 0 Å². The van der Waals surface area contributed by atoms with Crippen molar-refractivity contribution in [1.29, 1.82) is 0 Å². The molecule has 0 saturated carbocycles. The average molecular weight is 275 g/mol. The van der Waals surface area contributed by atoms with Crippen LogP contribution < -0.4 is 0 Å². The molecule has 2 aromatic carbocycles. The van der Waals surface area contributed by atoms with Gasteiger partial charge in [-0.15, -0.1) is 0 Å². The van der Waals surface area contributed by atoms with Crippen molar-refractivity contribution in [2.24, 2.45) is 0 Å². The fourth-order valence-electron chi connectivity index (χ4n) is 1.77. The minimum atomic E-state index is -2.45. The summed E-state index contributed by atoms with van der Waals surface area (Å²) in [6.45, 7) is -4.69. The molecule has 0 radical (unpaired) electrons. The maximum atomic E-state index is 8.99. The normalized spacial score (nSPS) is 19.9. The standard InChI is InChI=1S/C18H23NO/c1-15-9-7-8-12-17(15)18(20-14-13-19(2)3)16-10-5-4-6-11-16/h4-12,18H,13-14H2,1-3H3/i1D3,14D2,18D. The second-order valence-corrected chi connectivity index (χ2v) is 4.72. The van der Waals surface area contributed by atoms with E-state index in [2.05, 4.69) is 0 Å². The van der Waals surface area contributed by atoms with Crippen LogP contribution in [0, 0.1) is 6.85 Å². The van der Waals surface area contributed by atoms with Gasteiger partial charge in [-0.25, -0.2) is 0 Å². The number of hydrogen-bond acceptors (Lipinski definition) is 2. The smallest absolute Gasteiger partial charge is 0.108 e. The molecule has 0 saturated heterocycles. The molecule has 106 valence electrons. The van der Waals surface area contributed by atoms with Crippen LogP contribution >= 0.6 is 0 Å². The zero-order valence-electron chi connectivity index (χ0n) is 17.8. The molecule has 0 fully saturated rings. The third-order valence-corrected chi connectivity index (χ3v) is 2.76.